The maximum atomic E-state index is 5.47. The van der Waals surface area contributed by atoms with Crippen LogP contribution in [-0.4, -0.2) is 18.8 Å². The van der Waals surface area contributed by atoms with E-state index < -0.39 is 0 Å². The number of rotatable bonds is 4. The molecule has 0 aliphatic carbocycles. The van der Waals surface area contributed by atoms with Crippen molar-refractivity contribution in [3.63, 3.8) is 0 Å². The molecule has 2 nitrogen and oxygen atoms in total. The molecule has 9 heavy (non-hydrogen) atoms. The molecule has 56 valence electrons. The molecular formula is C7H17NO. The highest BCUT2D eigenvalue weighted by Gasteiger charge is 1.98. The van der Waals surface area contributed by atoms with Gasteiger partial charge in [0.15, 0.2) is 0 Å². The van der Waals surface area contributed by atoms with Gasteiger partial charge in [0.1, 0.15) is 0 Å². The molecule has 0 bridgehead atoms. The van der Waals surface area contributed by atoms with Crippen LogP contribution in [0, 0.1) is 0 Å². The van der Waals surface area contributed by atoms with E-state index in [1.54, 1.807) is 0 Å². The third-order valence-corrected chi connectivity index (χ3v) is 1.22. The lowest BCUT2D eigenvalue weighted by Gasteiger charge is -2.11. The molecule has 0 rings (SSSR count). The summed E-state index contributed by atoms with van der Waals surface area (Å²) in [7, 11) is 0. The highest BCUT2D eigenvalue weighted by Crippen LogP contribution is 1.95. The van der Waals surface area contributed by atoms with Crippen LogP contribution >= 0.6 is 0 Å². The normalized spacial score (nSPS) is 17.3. The van der Waals surface area contributed by atoms with Crippen molar-refractivity contribution >= 4 is 0 Å². The number of hydrogen-bond acceptors (Lipinski definition) is 2. The highest BCUT2D eigenvalue weighted by molar-refractivity contribution is 4.51. The van der Waals surface area contributed by atoms with Crippen LogP contribution in [0.2, 0.25) is 0 Å². The van der Waals surface area contributed by atoms with Crippen LogP contribution in [0.4, 0.5) is 0 Å². The molecule has 0 heterocycles. The molecule has 2 N–H and O–H groups in total. The topological polar surface area (TPSA) is 35.2 Å². The lowest BCUT2D eigenvalue weighted by molar-refractivity contribution is 0.0567. The first-order valence-electron chi connectivity index (χ1n) is 3.54. The summed E-state index contributed by atoms with van der Waals surface area (Å²) in [5.41, 5.74) is 5.47. The molecule has 0 aromatic rings. The summed E-state index contributed by atoms with van der Waals surface area (Å²) in [4.78, 5) is 0. The lowest BCUT2D eigenvalue weighted by atomic mass is 10.3. The van der Waals surface area contributed by atoms with E-state index in [2.05, 4.69) is 13.8 Å². The smallest absolute Gasteiger partial charge is 0.0618 e. The van der Waals surface area contributed by atoms with Crippen molar-refractivity contribution in [2.75, 3.05) is 6.61 Å². The predicted molar refractivity (Wildman–Crippen MR) is 39.4 cm³/mol. The van der Waals surface area contributed by atoms with E-state index in [0.717, 1.165) is 6.42 Å². The number of ether oxygens (including phenoxy) is 1. The largest absolute Gasteiger partial charge is 0.377 e. The van der Waals surface area contributed by atoms with Crippen LogP contribution in [0.1, 0.15) is 27.2 Å². The van der Waals surface area contributed by atoms with Gasteiger partial charge in [-0.15, -0.1) is 0 Å². The van der Waals surface area contributed by atoms with Crippen molar-refractivity contribution in [1.29, 1.82) is 0 Å². The van der Waals surface area contributed by atoms with E-state index in [4.69, 9.17) is 10.5 Å². The maximum absolute atomic E-state index is 5.47. The summed E-state index contributed by atoms with van der Waals surface area (Å²) in [5.74, 6) is 0. The minimum atomic E-state index is 0.166. The van der Waals surface area contributed by atoms with Gasteiger partial charge in [0.25, 0.3) is 0 Å². The van der Waals surface area contributed by atoms with Crippen LogP contribution in [-0.2, 0) is 4.74 Å². The molecule has 0 radical (unpaired) electrons. The summed E-state index contributed by atoms with van der Waals surface area (Å²) in [6, 6.07) is 0.166. The molecule has 0 saturated carbocycles. The summed E-state index contributed by atoms with van der Waals surface area (Å²) in [6.07, 6.45) is 1.42. The Labute approximate surface area is 57.4 Å². The zero-order chi connectivity index (χ0) is 7.28. The molecule has 0 fully saturated rings. The Morgan fingerprint density at radius 3 is 2.33 bits per heavy atom. The summed E-state index contributed by atoms with van der Waals surface area (Å²) >= 11 is 0. The lowest BCUT2D eigenvalue weighted by Crippen LogP contribution is -2.24. The van der Waals surface area contributed by atoms with Crippen LogP contribution < -0.4 is 5.73 Å². The van der Waals surface area contributed by atoms with Crippen molar-refractivity contribution in [1.82, 2.24) is 0 Å². The molecule has 0 saturated heterocycles. The predicted octanol–water partition coefficient (Wildman–Crippen LogP) is 1.15. The first-order valence-corrected chi connectivity index (χ1v) is 3.54. The van der Waals surface area contributed by atoms with Gasteiger partial charge in [-0.05, 0) is 20.3 Å². The molecule has 2 unspecified atom stereocenters. The van der Waals surface area contributed by atoms with Gasteiger partial charge in [-0.1, -0.05) is 6.92 Å². The van der Waals surface area contributed by atoms with E-state index in [0.29, 0.717) is 12.7 Å². The van der Waals surface area contributed by atoms with Crippen molar-refractivity contribution in [3.05, 3.63) is 0 Å². The van der Waals surface area contributed by atoms with Crippen molar-refractivity contribution < 1.29 is 4.74 Å². The van der Waals surface area contributed by atoms with Crippen LogP contribution in [0.3, 0.4) is 0 Å². The van der Waals surface area contributed by atoms with E-state index in [-0.39, 0.29) is 6.04 Å². The minimum Gasteiger partial charge on any atom is -0.377 e. The van der Waals surface area contributed by atoms with E-state index in [1.807, 2.05) is 6.92 Å². The van der Waals surface area contributed by atoms with Gasteiger partial charge < -0.3 is 10.5 Å². The Hall–Kier alpha value is -0.0800. The van der Waals surface area contributed by atoms with Gasteiger partial charge in [0, 0.05) is 6.04 Å². The van der Waals surface area contributed by atoms with Gasteiger partial charge in [0.05, 0.1) is 12.7 Å². The van der Waals surface area contributed by atoms with Crippen molar-refractivity contribution in [2.24, 2.45) is 5.73 Å². The standard InChI is InChI=1S/C7H17NO/c1-4-7(3)9-5-6(2)8/h6-7H,4-5,8H2,1-3H3. The second-order valence-corrected chi connectivity index (χ2v) is 2.53. The van der Waals surface area contributed by atoms with Crippen LogP contribution in [0.15, 0.2) is 0 Å². The van der Waals surface area contributed by atoms with Crippen molar-refractivity contribution in [2.45, 2.75) is 39.3 Å². The molecule has 0 aromatic carbocycles. The van der Waals surface area contributed by atoms with Crippen LogP contribution in [0.25, 0.3) is 0 Å². The fourth-order valence-electron chi connectivity index (χ4n) is 0.434. The van der Waals surface area contributed by atoms with E-state index >= 15 is 0 Å². The first kappa shape index (κ1) is 8.92. The van der Waals surface area contributed by atoms with E-state index in [1.165, 1.54) is 0 Å². The third kappa shape index (κ3) is 5.80. The van der Waals surface area contributed by atoms with Gasteiger partial charge in [-0.3, -0.25) is 0 Å². The first-order chi connectivity index (χ1) is 4.16. The monoisotopic (exact) mass is 131 g/mol. The minimum absolute atomic E-state index is 0.166. The average molecular weight is 131 g/mol. The zero-order valence-corrected chi connectivity index (χ0v) is 6.55. The Morgan fingerprint density at radius 2 is 2.00 bits per heavy atom. The molecule has 2 atom stereocenters. The van der Waals surface area contributed by atoms with E-state index in [9.17, 15) is 0 Å². The number of hydrogen-bond donors (Lipinski definition) is 1. The van der Waals surface area contributed by atoms with Crippen molar-refractivity contribution in [3.8, 4) is 0 Å². The molecular weight excluding hydrogens is 114 g/mol. The summed E-state index contributed by atoms with van der Waals surface area (Å²) < 4.78 is 5.33. The molecule has 0 spiro atoms. The zero-order valence-electron chi connectivity index (χ0n) is 6.55. The Balaban J connectivity index is 3.06. The second-order valence-electron chi connectivity index (χ2n) is 2.53. The third-order valence-electron chi connectivity index (χ3n) is 1.22. The highest BCUT2D eigenvalue weighted by atomic mass is 16.5. The Bertz CT molecular complexity index is 63.9. The molecule has 0 aliphatic rings. The second kappa shape index (κ2) is 4.77. The SMILES string of the molecule is CCC(C)OCC(C)N. The van der Waals surface area contributed by atoms with Gasteiger partial charge in [0.2, 0.25) is 0 Å². The molecule has 2 heteroatoms. The molecule has 0 amide bonds. The molecule has 0 aromatic heterocycles. The van der Waals surface area contributed by atoms with Gasteiger partial charge in [-0.25, -0.2) is 0 Å². The van der Waals surface area contributed by atoms with Gasteiger partial charge in [-0.2, -0.15) is 0 Å². The van der Waals surface area contributed by atoms with Crippen LogP contribution in [0.5, 0.6) is 0 Å². The fraction of sp³-hybridized carbons (Fsp3) is 1.00. The number of nitrogens with two attached hydrogens (primary N) is 1. The van der Waals surface area contributed by atoms with Gasteiger partial charge >= 0.3 is 0 Å². The fourth-order valence-corrected chi connectivity index (χ4v) is 0.434. The average Bonchev–Trinajstić information content (AvgIpc) is 1.83. The Kier molecular flexibility index (Phi) is 4.72. The summed E-state index contributed by atoms with van der Waals surface area (Å²) in [5, 5.41) is 0. The Morgan fingerprint density at radius 1 is 1.44 bits per heavy atom. The molecule has 0 aliphatic heterocycles. The maximum Gasteiger partial charge on any atom is 0.0618 e. The quantitative estimate of drug-likeness (QED) is 0.621. The summed E-state index contributed by atoms with van der Waals surface area (Å²) in [6.45, 7) is 6.78.